The molecule has 7 nitrogen and oxygen atoms in total. The van der Waals surface area contributed by atoms with Crippen LogP contribution in [0.2, 0.25) is 0 Å². The Kier molecular flexibility index (Phi) is 6.78. The van der Waals surface area contributed by atoms with Crippen LogP contribution in [0.3, 0.4) is 0 Å². The van der Waals surface area contributed by atoms with Gasteiger partial charge in [0, 0.05) is 20.3 Å². The van der Waals surface area contributed by atoms with Gasteiger partial charge in [-0.1, -0.05) is 23.9 Å². The topological polar surface area (TPSA) is 92.8 Å². The summed E-state index contributed by atoms with van der Waals surface area (Å²) in [4.78, 5) is 12.4. The molecule has 1 heterocycles. The largest absolute Gasteiger partial charge is 0.385 e. The number of hydrogen-bond acceptors (Lipinski definition) is 6. The summed E-state index contributed by atoms with van der Waals surface area (Å²) in [6.07, 6.45) is 2.49. The standard InChI is InChI=1S/C16H19N5O2S/c1-12(15(22)19-14-7-4-3-6-13(14)10-17)24-16-20-18-11-21(16)8-5-9-23-2/h3-4,6-7,11-12H,5,8-9H2,1-2H3,(H,19,22). The molecule has 0 fully saturated rings. The fraction of sp³-hybridized carbons (Fsp3) is 0.375. The van der Waals surface area contributed by atoms with Gasteiger partial charge < -0.3 is 14.6 Å². The number of aromatic nitrogens is 3. The van der Waals surface area contributed by atoms with Crippen molar-refractivity contribution < 1.29 is 9.53 Å². The molecule has 1 amide bonds. The molecule has 1 aromatic carbocycles. The van der Waals surface area contributed by atoms with E-state index in [-0.39, 0.29) is 11.2 Å². The highest BCUT2D eigenvalue weighted by atomic mass is 32.2. The molecular formula is C16H19N5O2S. The number of amides is 1. The molecule has 0 aliphatic heterocycles. The highest BCUT2D eigenvalue weighted by Crippen LogP contribution is 2.23. The zero-order valence-electron chi connectivity index (χ0n) is 13.6. The Morgan fingerprint density at radius 3 is 3.04 bits per heavy atom. The van der Waals surface area contributed by atoms with E-state index in [4.69, 9.17) is 10.00 Å². The van der Waals surface area contributed by atoms with Gasteiger partial charge in [-0.25, -0.2) is 0 Å². The van der Waals surface area contributed by atoms with Gasteiger partial charge in [-0.05, 0) is 25.5 Å². The van der Waals surface area contributed by atoms with E-state index in [2.05, 4.69) is 21.6 Å². The van der Waals surface area contributed by atoms with Crippen LogP contribution < -0.4 is 5.32 Å². The van der Waals surface area contributed by atoms with Gasteiger partial charge in [0.15, 0.2) is 5.16 Å². The third kappa shape index (κ3) is 4.81. The maximum Gasteiger partial charge on any atom is 0.237 e. The Morgan fingerprint density at radius 1 is 1.50 bits per heavy atom. The van der Waals surface area contributed by atoms with Gasteiger partial charge in [0.05, 0.1) is 16.5 Å². The molecule has 0 spiro atoms. The van der Waals surface area contributed by atoms with Crippen LogP contribution in [0.15, 0.2) is 35.7 Å². The third-order valence-corrected chi connectivity index (χ3v) is 4.38. The van der Waals surface area contributed by atoms with Crippen LogP contribution in [0, 0.1) is 11.3 Å². The molecule has 8 heteroatoms. The predicted molar refractivity (Wildman–Crippen MR) is 91.6 cm³/mol. The van der Waals surface area contributed by atoms with E-state index in [9.17, 15) is 4.79 Å². The van der Waals surface area contributed by atoms with Crippen LogP contribution in [0.1, 0.15) is 18.9 Å². The number of anilines is 1. The number of nitrogens with one attached hydrogen (secondary N) is 1. The number of thioether (sulfide) groups is 1. The molecule has 0 aliphatic rings. The maximum absolute atomic E-state index is 12.4. The Labute approximate surface area is 145 Å². The van der Waals surface area contributed by atoms with Gasteiger partial charge >= 0.3 is 0 Å². The van der Waals surface area contributed by atoms with Crippen molar-refractivity contribution in [1.29, 1.82) is 5.26 Å². The van der Waals surface area contributed by atoms with E-state index in [1.165, 1.54) is 11.8 Å². The summed E-state index contributed by atoms with van der Waals surface area (Å²) in [5, 5.41) is 20.1. The molecule has 1 atom stereocenters. The monoisotopic (exact) mass is 345 g/mol. The number of ether oxygens (including phenoxy) is 1. The average molecular weight is 345 g/mol. The van der Waals surface area contributed by atoms with Crippen molar-refractivity contribution in [3.63, 3.8) is 0 Å². The highest BCUT2D eigenvalue weighted by Gasteiger charge is 2.18. The van der Waals surface area contributed by atoms with E-state index in [1.54, 1.807) is 44.6 Å². The van der Waals surface area contributed by atoms with Crippen LogP contribution in [0.5, 0.6) is 0 Å². The van der Waals surface area contributed by atoms with E-state index >= 15 is 0 Å². The minimum atomic E-state index is -0.373. The van der Waals surface area contributed by atoms with Crippen molar-refractivity contribution in [3.05, 3.63) is 36.2 Å². The summed E-state index contributed by atoms with van der Waals surface area (Å²) < 4.78 is 6.94. The molecule has 1 aromatic heterocycles. The van der Waals surface area contributed by atoms with Gasteiger partial charge in [-0.3, -0.25) is 4.79 Å². The Morgan fingerprint density at radius 2 is 2.29 bits per heavy atom. The lowest BCUT2D eigenvalue weighted by Crippen LogP contribution is -2.23. The first-order valence-electron chi connectivity index (χ1n) is 7.49. The first-order chi connectivity index (χ1) is 11.7. The zero-order chi connectivity index (χ0) is 17.4. The summed E-state index contributed by atoms with van der Waals surface area (Å²) in [5.74, 6) is -0.186. The molecule has 0 radical (unpaired) electrons. The molecule has 1 N–H and O–H groups in total. The minimum Gasteiger partial charge on any atom is -0.385 e. The van der Waals surface area contributed by atoms with Crippen molar-refractivity contribution in [2.75, 3.05) is 19.0 Å². The van der Waals surface area contributed by atoms with Gasteiger partial charge in [-0.2, -0.15) is 5.26 Å². The SMILES string of the molecule is COCCCn1cnnc1SC(C)C(=O)Nc1ccccc1C#N. The second kappa shape index (κ2) is 9.05. The van der Waals surface area contributed by atoms with Crippen molar-refractivity contribution in [1.82, 2.24) is 14.8 Å². The van der Waals surface area contributed by atoms with Gasteiger partial charge in [-0.15, -0.1) is 10.2 Å². The Bertz CT molecular complexity index is 725. The van der Waals surface area contributed by atoms with E-state index in [1.807, 2.05) is 4.57 Å². The molecule has 126 valence electrons. The average Bonchev–Trinajstić information content (AvgIpc) is 3.02. The third-order valence-electron chi connectivity index (χ3n) is 3.28. The van der Waals surface area contributed by atoms with E-state index < -0.39 is 0 Å². The summed E-state index contributed by atoms with van der Waals surface area (Å²) in [6, 6.07) is 8.98. The quantitative estimate of drug-likeness (QED) is 0.583. The van der Waals surface area contributed by atoms with Crippen molar-refractivity contribution in [2.24, 2.45) is 0 Å². The lowest BCUT2D eigenvalue weighted by Gasteiger charge is -2.13. The first-order valence-corrected chi connectivity index (χ1v) is 8.37. The number of rotatable bonds is 8. The van der Waals surface area contributed by atoms with Crippen LogP contribution in [-0.2, 0) is 16.1 Å². The first kappa shape index (κ1) is 18.0. The number of aryl methyl sites for hydroxylation is 1. The van der Waals surface area contributed by atoms with Gasteiger partial charge in [0.2, 0.25) is 5.91 Å². The smallest absolute Gasteiger partial charge is 0.237 e. The Hall–Kier alpha value is -2.37. The molecule has 2 aromatic rings. The second-order valence-corrected chi connectivity index (χ2v) is 6.37. The zero-order valence-corrected chi connectivity index (χ0v) is 14.4. The van der Waals surface area contributed by atoms with Gasteiger partial charge in [0.25, 0.3) is 0 Å². The maximum atomic E-state index is 12.4. The summed E-state index contributed by atoms with van der Waals surface area (Å²) in [5.41, 5.74) is 0.949. The molecule has 0 aliphatic carbocycles. The van der Waals surface area contributed by atoms with Crippen molar-refractivity contribution >= 4 is 23.4 Å². The van der Waals surface area contributed by atoms with Crippen LogP contribution in [0.4, 0.5) is 5.69 Å². The predicted octanol–water partition coefficient (Wildman–Crippen LogP) is 2.31. The molecule has 2 rings (SSSR count). The Balaban J connectivity index is 1.97. The van der Waals surface area contributed by atoms with Crippen LogP contribution >= 0.6 is 11.8 Å². The lowest BCUT2D eigenvalue weighted by molar-refractivity contribution is -0.115. The molecule has 1 unspecified atom stereocenters. The number of hydrogen-bond donors (Lipinski definition) is 1. The normalized spacial score (nSPS) is 11.7. The van der Waals surface area contributed by atoms with Crippen molar-refractivity contribution in [2.45, 2.75) is 30.3 Å². The number of benzene rings is 1. The lowest BCUT2D eigenvalue weighted by atomic mass is 10.2. The minimum absolute atomic E-state index is 0.186. The van der Waals surface area contributed by atoms with Crippen LogP contribution in [0.25, 0.3) is 0 Å². The second-order valence-electron chi connectivity index (χ2n) is 5.06. The van der Waals surface area contributed by atoms with Crippen LogP contribution in [-0.4, -0.2) is 39.6 Å². The van der Waals surface area contributed by atoms with E-state index in [0.717, 1.165) is 13.0 Å². The summed E-state index contributed by atoms with van der Waals surface area (Å²) in [7, 11) is 1.66. The summed E-state index contributed by atoms with van der Waals surface area (Å²) >= 11 is 1.33. The number of nitrogens with zero attached hydrogens (tertiary/aromatic N) is 4. The van der Waals surface area contributed by atoms with Gasteiger partial charge in [0.1, 0.15) is 12.4 Å². The number of para-hydroxylation sites is 1. The van der Waals surface area contributed by atoms with Crippen molar-refractivity contribution in [3.8, 4) is 6.07 Å². The molecule has 0 bridgehead atoms. The molecule has 24 heavy (non-hydrogen) atoms. The molecule has 0 saturated carbocycles. The highest BCUT2D eigenvalue weighted by molar-refractivity contribution is 8.00. The summed E-state index contributed by atoms with van der Waals surface area (Å²) in [6.45, 7) is 3.18. The molecule has 0 saturated heterocycles. The number of methoxy groups -OCH3 is 1. The number of nitriles is 1. The number of carbonyl (C=O) groups is 1. The van der Waals surface area contributed by atoms with E-state index in [0.29, 0.717) is 23.0 Å². The number of carbonyl (C=O) groups excluding carboxylic acids is 1. The fourth-order valence-electron chi connectivity index (χ4n) is 2.00. The fourth-order valence-corrected chi connectivity index (χ4v) is 2.85. The molecular weight excluding hydrogens is 326 g/mol.